The molecule has 2 N–H and O–H groups in total. The largest absolute Gasteiger partial charge is 0.474 e. The average molecular weight is 248 g/mol. The van der Waals surface area contributed by atoms with Crippen LogP contribution >= 0.6 is 0 Å². The molecule has 0 saturated heterocycles. The molecule has 1 saturated carbocycles. The SMILES string of the molecule is CC1CC(C)CC(Oc2ncccc2[C@@H](C)N)C1. The van der Waals surface area contributed by atoms with Gasteiger partial charge in [-0.05, 0) is 44.1 Å². The number of hydrogen-bond donors (Lipinski definition) is 1. The summed E-state index contributed by atoms with van der Waals surface area (Å²) in [6.45, 7) is 6.57. The van der Waals surface area contributed by atoms with Gasteiger partial charge in [0.05, 0.1) is 0 Å². The normalized spacial score (nSPS) is 29.9. The Labute approximate surface area is 110 Å². The van der Waals surface area contributed by atoms with E-state index >= 15 is 0 Å². The minimum Gasteiger partial charge on any atom is -0.474 e. The average Bonchev–Trinajstić information content (AvgIpc) is 2.27. The van der Waals surface area contributed by atoms with Crippen molar-refractivity contribution in [3.8, 4) is 5.88 Å². The number of ether oxygens (including phenoxy) is 1. The second-order valence-electron chi connectivity index (χ2n) is 5.84. The van der Waals surface area contributed by atoms with Gasteiger partial charge in [-0.25, -0.2) is 4.98 Å². The van der Waals surface area contributed by atoms with E-state index in [0.29, 0.717) is 0 Å². The van der Waals surface area contributed by atoms with Gasteiger partial charge in [-0.1, -0.05) is 19.9 Å². The van der Waals surface area contributed by atoms with Crippen molar-refractivity contribution in [2.75, 3.05) is 0 Å². The molecule has 1 fully saturated rings. The maximum absolute atomic E-state index is 6.10. The molecule has 3 atom stereocenters. The molecule has 1 aromatic heterocycles. The Kier molecular flexibility index (Phi) is 4.23. The van der Waals surface area contributed by atoms with Gasteiger partial charge in [0.1, 0.15) is 6.10 Å². The first-order valence-electron chi connectivity index (χ1n) is 6.93. The van der Waals surface area contributed by atoms with Crippen LogP contribution < -0.4 is 10.5 Å². The van der Waals surface area contributed by atoms with Crippen LogP contribution in [0.5, 0.6) is 5.88 Å². The van der Waals surface area contributed by atoms with E-state index in [9.17, 15) is 0 Å². The van der Waals surface area contributed by atoms with Crippen molar-refractivity contribution in [3.63, 3.8) is 0 Å². The van der Waals surface area contributed by atoms with E-state index in [2.05, 4.69) is 18.8 Å². The molecular formula is C15H24N2O. The van der Waals surface area contributed by atoms with Crippen molar-refractivity contribution in [2.45, 2.75) is 52.2 Å². The summed E-state index contributed by atoms with van der Waals surface area (Å²) in [6.07, 6.45) is 5.62. The van der Waals surface area contributed by atoms with Gasteiger partial charge in [0, 0.05) is 17.8 Å². The smallest absolute Gasteiger partial charge is 0.218 e. The first-order valence-corrected chi connectivity index (χ1v) is 6.93. The second kappa shape index (κ2) is 5.70. The summed E-state index contributed by atoms with van der Waals surface area (Å²) in [6, 6.07) is 3.88. The summed E-state index contributed by atoms with van der Waals surface area (Å²) in [5, 5.41) is 0. The number of rotatable bonds is 3. The lowest BCUT2D eigenvalue weighted by molar-refractivity contribution is 0.0954. The molecule has 3 nitrogen and oxygen atoms in total. The van der Waals surface area contributed by atoms with Gasteiger partial charge < -0.3 is 10.5 Å². The third-order valence-electron chi connectivity index (χ3n) is 3.70. The molecule has 3 heteroatoms. The van der Waals surface area contributed by atoms with Gasteiger partial charge in [-0.2, -0.15) is 0 Å². The van der Waals surface area contributed by atoms with E-state index in [-0.39, 0.29) is 12.1 Å². The third kappa shape index (κ3) is 3.22. The van der Waals surface area contributed by atoms with Crippen LogP contribution in [0.2, 0.25) is 0 Å². The number of pyridine rings is 1. The number of nitrogens with zero attached hydrogens (tertiary/aromatic N) is 1. The zero-order valence-electron chi connectivity index (χ0n) is 11.6. The van der Waals surface area contributed by atoms with Crippen molar-refractivity contribution in [3.05, 3.63) is 23.9 Å². The fourth-order valence-corrected chi connectivity index (χ4v) is 2.98. The molecule has 1 aromatic rings. The molecule has 1 aliphatic carbocycles. The van der Waals surface area contributed by atoms with E-state index in [1.54, 1.807) is 6.20 Å². The van der Waals surface area contributed by atoms with Crippen LogP contribution in [-0.4, -0.2) is 11.1 Å². The Bertz CT molecular complexity index is 382. The fourth-order valence-electron chi connectivity index (χ4n) is 2.98. The first kappa shape index (κ1) is 13.3. The van der Waals surface area contributed by atoms with Crippen molar-refractivity contribution in [2.24, 2.45) is 17.6 Å². The summed E-state index contributed by atoms with van der Waals surface area (Å²) >= 11 is 0. The van der Waals surface area contributed by atoms with Crippen molar-refractivity contribution in [1.82, 2.24) is 4.98 Å². The second-order valence-corrected chi connectivity index (χ2v) is 5.84. The zero-order chi connectivity index (χ0) is 13.1. The predicted molar refractivity (Wildman–Crippen MR) is 73.4 cm³/mol. The minimum absolute atomic E-state index is 0.0351. The Hall–Kier alpha value is -1.09. The molecule has 100 valence electrons. The Morgan fingerprint density at radius 3 is 2.56 bits per heavy atom. The van der Waals surface area contributed by atoms with Gasteiger partial charge in [0.15, 0.2) is 0 Å². The van der Waals surface area contributed by atoms with Crippen molar-refractivity contribution >= 4 is 0 Å². The van der Waals surface area contributed by atoms with Gasteiger partial charge in [0.25, 0.3) is 0 Å². The van der Waals surface area contributed by atoms with Crippen molar-refractivity contribution < 1.29 is 4.74 Å². The fraction of sp³-hybridized carbons (Fsp3) is 0.667. The monoisotopic (exact) mass is 248 g/mol. The molecule has 1 heterocycles. The highest BCUT2D eigenvalue weighted by molar-refractivity contribution is 5.28. The highest BCUT2D eigenvalue weighted by atomic mass is 16.5. The Morgan fingerprint density at radius 1 is 1.28 bits per heavy atom. The maximum Gasteiger partial charge on any atom is 0.218 e. The summed E-state index contributed by atoms with van der Waals surface area (Å²) in [7, 11) is 0. The molecule has 0 spiro atoms. The Morgan fingerprint density at radius 2 is 1.94 bits per heavy atom. The number of nitrogens with two attached hydrogens (primary N) is 1. The van der Waals surface area contributed by atoms with Crippen LogP contribution in [0.3, 0.4) is 0 Å². The van der Waals surface area contributed by atoms with E-state index < -0.39 is 0 Å². The quantitative estimate of drug-likeness (QED) is 0.892. The third-order valence-corrected chi connectivity index (χ3v) is 3.70. The predicted octanol–water partition coefficient (Wildman–Crippen LogP) is 3.30. The molecule has 0 aromatic carbocycles. The lowest BCUT2D eigenvalue weighted by atomic mass is 9.82. The minimum atomic E-state index is -0.0351. The molecule has 0 aliphatic heterocycles. The highest BCUT2D eigenvalue weighted by Gasteiger charge is 2.26. The van der Waals surface area contributed by atoms with E-state index in [0.717, 1.165) is 36.1 Å². The highest BCUT2D eigenvalue weighted by Crippen LogP contribution is 2.32. The maximum atomic E-state index is 6.10. The summed E-state index contributed by atoms with van der Waals surface area (Å²) in [5.41, 5.74) is 6.96. The topological polar surface area (TPSA) is 48.1 Å². The molecule has 2 unspecified atom stereocenters. The number of hydrogen-bond acceptors (Lipinski definition) is 3. The van der Waals surface area contributed by atoms with E-state index in [4.69, 9.17) is 10.5 Å². The molecule has 0 bridgehead atoms. The van der Waals surface area contributed by atoms with Crippen molar-refractivity contribution in [1.29, 1.82) is 0 Å². The standard InChI is InChI=1S/C15H24N2O/c1-10-7-11(2)9-13(8-10)18-15-14(12(3)16)5-4-6-17-15/h4-6,10-13H,7-9,16H2,1-3H3/t10?,11?,12-,13?/m1/s1. The van der Waals surface area contributed by atoms with E-state index in [1.165, 1.54) is 6.42 Å². The van der Waals surface area contributed by atoms with E-state index in [1.807, 2.05) is 19.1 Å². The van der Waals surface area contributed by atoms with Crippen LogP contribution in [-0.2, 0) is 0 Å². The van der Waals surface area contributed by atoms with Gasteiger partial charge in [-0.3, -0.25) is 0 Å². The zero-order valence-corrected chi connectivity index (χ0v) is 11.6. The molecule has 2 rings (SSSR count). The Balaban J connectivity index is 2.09. The molecule has 18 heavy (non-hydrogen) atoms. The van der Waals surface area contributed by atoms with Crippen LogP contribution in [0.1, 0.15) is 51.6 Å². The molecule has 0 radical (unpaired) electrons. The molecule has 0 amide bonds. The summed E-state index contributed by atoms with van der Waals surface area (Å²) in [4.78, 5) is 4.34. The van der Waals surface area contributed by atoms with Crippen LogP contribution in [0.15, 0.2) is 18.3 Å². The van der Waals surface area contributed by atoms with Gasteiger partial charge in [0.2, 0.25) is 5.88 Å². The summed E-state index contributed by atoms with van der Waals surface area (Å²) in [5.74, 6) is 2.20. The van der Waals surface area contributed by atoms with Crippen LogP contribution in [0.4, 0.5) is 0 Å². The number of aromatic nitrogens is 1. The van der Waals surface area contributed by atoms with Crippen LogP contribution in [0, 0.1) is 11.8 Å². The molecular weight excluding hydrogens is 224 g/mol. The lowest BCUT2D eigenvalue weighted by Gasteiger charge is -2.31. The van der Waals surface area contributed by atoms with Crippen LogP contribution in [0.25, 0.3) is 0 Å². The lowest BCUT2D eigenvalue weighted by Crippen LogP contribution is -2.29. The molecule has 1 aliphatic rings. The summed E-state index contributed by atoms with van der Waals surface area (Å²) < 4.78 is 6.10. The van der Waals surface area contributed by atoms with Gasteiger partial charge >= 0.3 is 0 Å². The first-order chi connectivity index (χ1) is 8.56. The van der Waals surface area contributed by atoms with Gasteiger partial charge in [-0.15, -0.1) is 0 Å².